The molecule has 0 aromatic heterocycles. The molecule has 0 heterocycles. The number of hydrogen-bond acceptors (Lipinski definition) is 0. The van der Waals surface area contributed by atoms with Gasteiger partial charge >= 0.3 is 0 Å². The Morgan fingerprint density at radius 1 is 0.917 bits per heavy atom. The molecule has 0 aliphatic carbocycles. The van der Waals surface area contributed by atoms with Crippen molar-refractivity contribution in [2.75, 3.05) is 0 Å². The summed E-state index contributed by atoms with van der Waals surface area (Å²) >= 11 is 0. The molecule has 1 unspecified atom stereocenters. The summed E-state index contributed by atoms with van der Waals surface area (Å²) in [4.78, 5) is 0. The number of alkyl halides is 3. The lowest BCUT2D eigenvalue weighted by Crippen LogP contribution is -2.11. The first kappa shape index (κ1) is 11.8. The monoisotopic (exact) mass is 182 g/mol. The van der Waals surface area contributed by atoms with Crippen LogP contribution in [0.1, 0.15) is 45.4 Å². The third kappa shape index (κ3) is 6.50. The van der Waals surface area contributed by atoms with Crippen molar-refractivity contribution in [1.29, 1.82) is 0 Å². The van der Waals surface area contributed by atoms with Crippen molar-refractivity contribution in [3.05, 3.63) is 0 Å². The lowest BCUT2D eigenvalue weighted by molar-refractivity contribution is 0.0440. The molecule has 0 nitrogen and oxygen atoms in total. The van der Waals surface area contributed by atoms with E-state index in [1.54, 1.807) is 0 Å². The highest BCUT2D eigenvalue weighted by Gasteiger charge is 2.17. The van der Waals surface area contributed by atoms with Gasteiger partial charge < -0.3 is 0 Å². The SMILES string of the molecule is CCCCCCCC(F)C(F)F. The van der Waals surface area contributed by atoms with Gasteiger partial charge in [-0.3, -0.25) is 0 Å². The molecule has 0 N–H and O–H groups in total. The van der Waals surface area contributed by atoms with Crippen LogP contribution in [0, 0.1) is 0 Å². The van der Waals surface area contributed by atoms with Crippen LogP contribution in [0.25, 0.3) is 0 Å². The van der Waals surface area contributed by atoms with Crippen molar-refractivity contribution in [1.82, 2.24) is 0 Å². The second kappa shape index (κ2) is 7.44. The quantitative estimate of drug-likeness (QED) is 0.523. The maximum absolute atomic E-state index is 12.3. The Morgan fingerprint density at radius 3 is 2.00 bits per heavy atom. The average molecular weight is 182 g/mol. The zero-order chi connectivity index (χ0) is 9.40. The van der Waals surface area contributed by atoms with Crippen LogP contribution in [-0.2, 0) is 0 Å². The molecule has 0 radical (unpaired) electrons. The molecule has 0 aliphatic rings. The van der Waals surface area contributed by atoms with Crippen LogP contribution in [0.3, 0.4) is 0 Å². The number of hydrogen-bond donors (Lipinski definition) is 0. The average Bonchev–Trinajstić information content (AvgIpc) is 2.03. The van der Waals surface area contributed by atoms with E-state index in [0.717, 1.165) is 25.7 Å². The molecule has 0 fully saturated rings. The van der Waals surface area contributed by atoms with Crippen LogP contribution >= 0.6 is 0 Å². The highest BCUT2D eigenvalue weighted by Crippen LogP contribution is 2.14. The number of rotatable bonds is 7. The summed E-state index contributed by atoms with van der Waals surface area (Å²) in [6, 6.07) is 0. The zero-order valence-corrected chi connectivity index (χ0v) is 7.53. The summed E-state index contributed by atoms with van der Waals surface area (Å²) in [5.74, 6) is 0. The number of halogens is 3. The molecule has 0 rings (SSSR count). The molecule has 0 aromatic rings. The van der Waals surface area contributed by atoms with Gasteiger partial charge in [0.25, 0.3) is 6.43 Å². The minimum absolute atomic E-state index is 0.0153. The third-order valence-corrected chi connectivity index (χ3v) is 1.86. The summed E-state index contributed by atoms with van der Waals surface area (Å²) in [7, 11) is 0. The van der Waals surface area contributed by atoms with Gasteiger partial charge in [-0.15, -0.1) is 0 Å². The van der Waals surface area contributed by atoms with Crippen molar-refractivity contribution >= 4 is 0 Å². The van der Waals surface area contributed by atoms with Crippen molar-refractivity contribution in [3.8, 4) is 0 Å². The van der Waals surface area contributed by atoms with Crippen molar-refractivity contribution in [2.24, 2.45) is 0 Å². The predicted molar refractivity (Wildman–Crippen MR) is 44.3 cm³/mol. The van der Waals surface area contributed by atoms with Crippen LogP contribution in [0.2, 0.25) is 0 Å². The minimum atomic E-state index is -2.80. The summed E-state index contributed by atoms with van der Waals surface area (Å²) in [5, 5.41) is 0. The van der Waals surface area contributed by atoms with Crippen molar-refractivity contribution < 1.29 is 13.2 Å². The van der Waals surface area contributed by atoms with E-state index >= 15 is 0 Å². The third-order valence-electron chi connectivity index (χ3n) is 1.86. The second-order valence-electron chi connectivity index (χ2n) is 3.05. The van der Waals surface area contributed by atoms with Crippen LogP contribution < -0.4 is 0 Å². The van der Waals surface area contributed by atoms with E-state index in [1.807, 2.05) is 0 Å². The Morgan fingerprint density at radius 2 is 1.50 bits per heavy atom. The molecule has 74 valence electrons. The van der Waals surface area contributed by atoms with Crippen LogP contribution in [0.5, 0.6) is 0 Å². The van der Waals surface area contributed by atoms with Gasteiger partial charge in [-0.05, 0) is 6.42 Å². The molecule has 12 heavy (non-hydrogen) atoms. The van der Waals surface area contributed by atoms with Gasteiger partial charge in [0.2, 0.25) is 0 Å². The van der Waals surface area contributed by atoms with Gasteiger partial charge in [-0.1, -0.05) is 39.0 Å². The first-order chi connectivity index (χ1) is 5.68. The first-order valence-corrected chi connectivity index (χ1v) is 4.60. The molecule has 0 aromatic carbocycles. The van der Waals surface area contributed by atoms with E-state index in [0.29, 0.717) is 6.42 Å². The van der Waals surface area contributed by atoms with Crippen molar-refractivity contribution in [2.45, 2.75) is 58.0 Å². The largest absolute Gasteiger partial charge is 0.269 e. The standard InChI is InChI=1S/C9H17F3/c1-2-3-4-5-6-7-8(10)9(11)12/h8-9H,2-7H2,1H3. The zero-order valence-electron chi connectivity index (χ0n) is 7.53. The molecule has 0 bridgehead atoms. The van der Waals surface area contributed by atoms with Gasteiger partial charge in [0.05, 0.1) is 0 Å². The summed E-state index contributed by atoms with van der Waals surface area (Å²) in [6.07, 6.45) is 0.0441. The van der Waals surface area contributed by atoms with Gasteiger partial charge in [0, 0.05) is 0 Å². The highest BCUT2D eigenvalue weighted by molar-refractivity contribution is 4.58. The maximum atomic E-state index is 12.3. The fourth-order valence-electron chi connectivity index (χ4n) is 1.07. The Bertz CT molecular complexity index is 93.8. The van der Waals surface area contributed by atoms with E-state index < -0.39 is 12.6 Å². The Hall–Kier alpha value is -0.210. The van der Waals surface area contributed by atoms with Gasteiger partial charge in [-0.2, -0.15) is 0 Å². The molecule has 0 saturated carbocycles. The molecular weight excluding hydrogens is 165 g/mol. The molecular formula is C9H17F3. The predicted octanol–water partition coefficient (Wildman–Crippen LogP) is 3.95. The summed E-state index contributed by atoms with van der Waals surface area (Å²) in [5.41, 5.74) is 0. The van der Waals surface area contributed by atoms with Gasteiger partial charge in [0.1, 0.15) is 0 Å². The topological polar surface area (TPSA) is 0 Å². The molecule has 0 saturated heterocycles. The highest BCUT2D eigenvalue weighted by atomic mass is 19.3. The first-order valence-electron chi connectivity index (χ1n) is 4.60. The van der Waals surface area contributed by atoms with E-state index in [2.05, 4.69) is 6.92 Å². The lowest BCUT2D eigenvalue weighted by atomic mass is 10.1. The molecule has 0 spiro atoms. The van der Waals surface area contributed by atoms with Gasteiger partial charge in [0.15, 0.2) is 6.17 Å². The molecule has 0 aliphatic heterocycles. The van der Waals surface area contributed by atoms with Crippen LogP contribution in [-0.4, -0.2) is 12.6 Å². The molecule has 3 heteroatoms. The van der Waals surface area contributed by atoms with E-state index in [1.165, 1.54) is 0 Å². The Labute approximate surface area is 72.2 Å². The molecule has 1 atom stereocenters. The lowest BCUT2D eigenvalue weighted by Gasteiger charge is -2.05. The smallest absolute Gasteiger partial charge is 0.241 e. The fourth-order valence-corrected chi connectivity index (χ4v) is 1.07. The van der Waals surface area contributed by atoms with E-state index in [9.17, 15) is 13.2 Å². The van der Waals surface area contributed by atoms with E-state index in [-0.39, 0.29) is 6.42 Å². The minimum Gasteiger partial charge on any atom is -0.241 e. The molecule has 0 amide bonds. The summed E-state index contributed by atoms with van der Waals surface area (Å²) in [6.45, 7) is 2.08. The second-order valence-corrected chi connectivity index (χ2v) is 3.05. The van der Waals surface area contributed by atoms with Crippen LogP contribution in [0.15, 0.2) is 0 Å². The van der Waals surface area contributed by atoms with E-state index in [4.69, 9.17) is 0 Å². The van der Waals surface area contributed by atoms with Crippen molar-refractivity contribution in [3.63, 3.8) is 0 Å². The normalized spacial score (nSPS) is 13.8. The van der Waals surface area contributed by atoms with Gasteiger partial charge in [-0.25, -0.2) is 13.2 Å². The Balaban J connectivity index is 3.08. The number of unbranched alkanes of at least 4 members (excludes halogenated alkanes) is 4. The van der Waals surface area contributed by atoms with Crippen LogP contribution in [0.4, 0.5) is 13.2 Å². The maximum Gasteiger partial charge on any atom is 0.269 e. The fraction of sp³-hybridized carbons (Fsp3) is 1.00. The summed E-state index contributed by atoms with van der Waals surface area (Å²) < 4.78 is 35.5. The Kier molecular flexibility index (Phi) is 7.31.